The van der Waals surface area contributed by atoms with Crippen molar-refractivity contribution in [2.45, 2.75) is 57.8 Å². The number of rotatable bonds is 5. The van der Waals surface area contributed by atoms with Gasteiger partial charge in [0.05, 0.1) is 23.4 Å². The molecule has 36 heavy (non-hydrogen) atoms. The Balaban J connectivity index is 1.23. The smallest absolute Gasteiger partial charge is 0.225 e. The fourth-order valence-electron chi connectivity index (χ4n) is 5.01. The van der Waals surface area contributed by atoms with E-state index in [2.05, 4.69) is 30.6 Å². The van der Waals surface area contributed by atoms with E-state index < -0.39 is 5.82 Å². The van der Waals surface area contributed by atoms with Crippen molar-refractivity contribution in [3.63, 3.8) is 0 Å². The molecule has 3 aromatic rings. The lowest BCUT2D eigenvalue weighted by atomic mass is 9.85. The first-order valence-electron chi connectivity index (χ1n) is 12.3. The summed E-state index contributed by atoms with van der Waals surface area (Å²) in [7, 11) is 0. The minimum absolute atomic E-state index is 0.0158. The Hall–Kier alpha value is -3.11. The molecule has 2 unspecified atom stereocenters. The van der Waals surface area contributed by atoms with Gasteiger partial charge in [0, 0.05) is 30.7 Å². The van der Waals surface area contributed by atoms with Crippen LogP contribution in [-0.4, -0.2) is 62.1 Å². The van der Waals surface area contributed by atoms with Crippen molar-refractivity contribution in [1.82, 2.24) is 24.8 Å². The largest absolute Gasteiger partial charge is 0.372 e. The Morgan fingerprint density at radius 3 is 2.58 bits per heavy atom. The number of carbonyl (C=O) groups is 1. The topological polar surface area (TPSA) is 105 Å². The second kappa shape index (κ2) is 10.5. The minimum Gasteiger partial charge on any atom is -0.372 e. The van der Waals surface area contributed by atoms with Crippen LogP contribution in [0.25, 0.3) is 11.0 Å². The maximum absolute atomic E-state index is 13.5. The first kappa shape index (κ1) is 24.6. The van der Waals surface area contributed by atoms with Crippen LogP contribution in [0.3, 0.4) is 0 Å². The molecule has 1 saturated heterocycles. The molecule has 1 aliphatic heterocycles. The quantitative estimate of drug-likeness (QED) is 0.511. The van der Waals surface area contributed by atoms with Crippen LogP contribution in [0.1, 0.15) is 39.5 Å². The van der Waals surface area contributed by atoms with Gasteiger partial charge in [0.25, 0.3) is 0 Å². The molecular weight excluding hydrogens is 485 g/mol. The van der Waals surface area contributed by atoms with Crippen LogP contribution >= 0.6 is 11.6 Å². The molecule has 2 aliphatic rings. The zero-order valence-electron chi connectivity index (χ0n) is 20.2. The molecule has 1 aromatic carbocycles. The third kappa shape index (κ3) is 5.49. The van der Waals surface area contributed by atoms with Gasteiger partial charge >= 0.3 is 0 Å². The molecule has 2 aromatic heterocycles. The number of hydrogen-bond donors (Lipinski definition) is 2. The van der Waals surface area contributed by atoms with Crippen LogP contribution in [0, 0.1) is 11.7 Å². The van der Waals surface area contributed by atoms with E-state index in [9.17, 15) is 9.18 Å². The lowest BCUT2D eigenvalue weighted by molar-refractivity contribution is -0.148. The van der Waals surface area contributed by atoms with Gasteiger partial charge in [0.2, 0.25) is 11.9 Å². The summed E-state index contributed by atoms with van der Waals surface area (Å²) in [6, 6.07) is 4.53. The number of amides is 1. The Kier molecular flexibility index (Phi) is 7.15. The predicted octanol–water partition coefficient (Wildman–Crippen LogP) is 4.56. The molecular formula is C25H29ClFN7O2. The molecule has 0 spiro atoms. The summed E-state index contributed by atoms with van der Waals surface area (Å²) in [5.41, 5.74) is 1.70. The molecule has 190 valence electrons. The Morgan fingerprint density at radius 2 is 1.86 bits per heavy atom. The van der Waals surface area contributed by atoms with Crippen molar-refractivity contribution in [3.8, 4) is 0 Å². The summed E-state index contributed by atoms with van der Waals surface area (Å²) in [6.07, 6.45) is 6.58. The average molecular weight is 514 g/mol. The van der Waals surface area contributed by atoms with Gasteiger partial charge in [0.1, 0.15) is 23.2 Å². The number of ether oxygens (including phenoxy) is 1. The molecule has 11 heteroatoms. The maximum atomic E-state index is 13.5. The van der Waals surface area contributed by atoms with E-state index in [0.717, 1.165) is 25.7 Å². The van der Waals surface area contributed by atoms with Crippen molar-refractivity contribution in [3.05, 3.63) is 41.6 Å². The second-order valence-corrected chi connectivity index (χ2v) is 10.0. The van der Waals surface area contributed by atoms with Crippen molar-refractivity contribution in [1.29, 1.82) is 0 Å². The van der Waals surface area contributed by atoms with Gasteiger partial charge in [-0.1, -0.05) is 11.6 Å². The first-order chi connectivity index (χ1) is 17.4. The van der Waals surface area contributed by atoms with Crippen molar-refractivity contribution < 1.29 is 13.9 Å². The van der Waals surface area contributed by atoms with Crippen molar-refractivity contribution in [2.75, 3.05) is 23.7 Å². The van der Waals surface area contributed by atoms with Gasteiger partial charge in [-0.25, -0.2) is 24.3 Å². The number of anilines is 3. The van der Waals surface area contributed by atoms with Crippen LogP contribution in [0.5, 0.6) is 0 Å². The van der Waals surface area contributed by atoms with Crippen LogP contribution in [-0.2, 0) is 9.53 Å². The highest BCUT2D eigenvalue weighted by Crippen LogP contribution is 2.30. The first-order valence-corrected chi connectivity index (χ1v) is 12.6. The summed E-state index contributed by atoms with van der Waals surface area (Å²) in [6.45, 7) is 5.35. The van der Waals surface area contributed by atoms with Crippen LogP contribution in [0.4, 0.5) is 21.8 Å². The molecule has 1 aliphatic carbocycles. The molecule has 1 saturated carbocycles. The van der Waals surface area contributed by atoms with E-state index in [4.69, 9.17) is 16.3 Å². The number of morpholine rings is 1. The summed E-state index contributed by atoms with van der Waals surface area (Å²) in [5.74, 6) is 0.740. The highest BCUT2D eigenvalue weighted by molar-refractivity contribution is 6.31. The predicted molar refractivity (Wildman–Crippen MR) is 136 cm³/mol. The van der Waals surface area contributed by atoms with Crippen LogP contribution in [0.15, 0.2) is 30.7 Å². The number of nitrogens with zero attached hydrogens (tertiary/aromatic N) is 5. The summed E-state index contributed by atoms with van der Waals surface area (Å²) >= 11 is 5.91. The van der Waals surface area contributed by atoms with Gasteiger partial charge in [-0.15, -0.1) is 0 Å². The molecule has 5 rings (SSSR count). The van der Waals surface area contributed by atoms with Crippen molar-refractivity contribution in [2.24, 2.45) is 5.92 Å². The molecule has 2 atom stereocenters. The number of hydrogen-bond acceptors (Lipinski definition) is 8. The van der Waals surface area contributed by atoms with E-state index >= 15 is 0 Å². The standard InChI is InChI=1S/C25H29ClFN7O2/c1-14-11-34(12-15(2)36-14)24(35)16-3-5-17(6-4-16)32-25-28-10-21-22(33-25)23(30-13-29-21)31-18-7-8-20(27)19(26)9-18/h7-10,13-17H,3-6,11-12H2,1-2H3,(H,28,32,33)(H,29,30,31). The molecule has 2 fully saturated rings. The van der Waals surface area contributed by atoms with Gasteiger partial charge < -0.3 is 20.3 Å². The Morgan fingerprint density at radius 1 is 1.11 bits per heavy atom. The number of aromatic nitrogens is 4. The number of fused-ring (bicyclic) bond motifs is 1. The molecule has 0 bridgehead atoms. The minimum atomic E-state index is -0.492. The molecule has 2 N–H and O–H groups in total. The van der Waals surface area contributed by atoms with Crippen LogP contribution in [0.2, 0.25) is 5.02 Å². The maximum Gasteiger partial charge on any atom is 0.225 e. The fraction of sp³-hybridized carbons (Fsp3) is 0.480. The molecule has 1 amide bonds. The van der Waals surface area contributed by atoms with Gasteiger partial charge in [0.15, 0.2) is 5.82 Å². The summed E-state index contributed by atoms with van der Waals surface area (Å²) < 4.78 is 19.3. The monoisotopic (exact) mass is 513 g/mol. The van der Waals surface area contributed by atoms with E-state index in [1.54, 1.807) is 12.3 Å². The lowest BCUT2D eigenvalue weighted by Gasteiger charge is -2.38. The van der Waals surface area contributed by atoms with Gasteiger partial charge in [-0.2, -0.15) is 0 Å². The number of halogens is 2. The SMILES string of the molecule is CC1CN(C(=O)C2CCC(Nc3ncc4ncnc(Nc5ccc(F)c(Cl)c5)c4n3)CC2)CC(C)O1. The average Bonchev–Trinajstić information content (AvgIpc) is 2.86. The zero-order valence-corrected chi connectivity index (χ0v) is 21.0. The summed E-state index contributed by atoms with van der Waals surface area (Å²) in [4.78, 5) is 32.6. The number of carbonyl (C=O) groups excluding carboxylic acids is 1. The molecule has 3 heterocycles. The highest BCUT2D eigenvalue weighted by atomic mass is 35.5. The third-order valence-electron chi connectivity index (χ3n) is 6.70. The zero-order chi connectivity index (χ0) is 25.2. The number of benzene rings is 1. The van der Waals surface area contributed by atoms with E-state index in [1.807, 2.05) is 18.7 Å². The van der Waals surface area contributed by atoms with E-state index in [0.29, 0.717) is 41.6 Å². The molecule has 9 nitrogen and oxygen atoms in total. The van der Waals surface area contributed by atoms with Gasteiger partial charge in [-0.3, -0.25) is 4.79 Å². The van der Waals surface area contributed by atoms with E-state index in [1.165, 1.54) is 18.5 Å². The third-order valence-corrected chi connectivity index (χ3v) is 6.99. The van der Waals surface area contributed by atoms with Gasteiger partial charge in [-0.05, 0) is 57.7 Å². The number of nitrogens with one attached hydrogen (secondary N) is 2. The lowest BCUT2D eigenvalue weighted by Crippen LogP contribution is -2.50. The molecule has 0 radical (unpaired) electrons. The highest BCUT2D eigenvalue weighted by Gasteiger charge is 2.33. The van der Waals surface area contributed by atoms with E-state index in [-0.39, 0.29) is 35.1 Å². The fourth-order valence-corrected chi connectivity index (χ4v) is 5.19. The Labute approximate surface area is 213 Å². The Bertz CT molecular complexity index is 1240. The summed E-state index contributed by atoms with van der Waals surface area (Å²) in [5, 5.41) is 6.56. The normalized spacial score (nSPS) is 24.5. The van der Waals surface area contributed by atoms with Crippen molar-refractivity contribution >= 4 is 46.0 Å². The van der Waals surface area contributed by atoms with Crippen LogP contribution < -0.4 is 10.6 Å². The second-order valence-electron chi connectivity index (χ2n) is 9.60.